The summed E-state index contributed by atoms with van der Waals surface area (Å²) in [5, 5.41) is 0. The lowest BCUT2D eigenvalue weighted by molar-refractivity contribution is -0.107. The van der Waals surface area contributed by atoms with Crippen LogP contribution in [0.3, 0.4) is 0 Å². The number of rotatable bonds is 4. The van der Waals surface area contributed by atoms with Crippen LogP contribution >= 0.6 is 0 Å². The molecule has 6 rings (SSSR count). The normalized spacial score (nSPS) is 50.4. The van der Waals surface area contributed by atoms with Gasteiger partial charge >= 0.3 is 0 Å². The molecule has 8 atom stereocenters. The van der Waals surface area contributed by atoms with Gasteiger partial charge in [-0.25, -0.2) is 0 Å². The van der Waals surface area contributed by atoms with Gasteiger partial charge in [0, 0.05) is 0 Å². The molecule has 0 aromatic rings. The van der Waals surface area contributed by atoms with Gasteiger partial charge in [0.2, 0.25) is 0 Å². The Morgan fingerprint density at radius 3 is 1.54 bits per heavy atom. The number of hydrogen-bond donors (Lipinski definition) is 0. The van der Waals surface area contributed by atoms with Crippen LogP contribution in [0.15, 0.2) is 12.7 Å². The summed E-state index contributed by atoms with van der Waals surface area (Å²) in [5.74, 6) is 7.75. The van der Waals surface area contributed by atoms with Crippen molar-refractivity contribution in [2.75, 3.05) is 0 Å². The SMILES string of the molecule is C=CCB(C1C[C@@H]2C[C@H]([C@H]1C)C2(C)C)C1C[C@@H]2C[C@H]([C@H]1C)C2(C)C. The lowest BCUT2D eigenvalue weighted by Gasteiger charge is -2.66. The molecule has 0 amide bonds. The first-order valence-electron chi connectivity index (χ1n) is 10.8. The van der Waals surface area contributed by atoms with Crippen molar-refractivity contribution in [1.82, 2.24) is 0 Å². The zero-order chi connectivity index (χ0) is 17.4. The van der Waals surface area contributed by atoms with E-state index in [-0.39, 0.29) is 0 Å². The van der Waals surface area contributed by atoms with Crippen molar-refractivity contribution in [2.24, 2.45) is 46.3 Å². The maximum atomic E-state index is 4.16. The zero-order valence-corrected chi connectivity index (χ0v) is 17.0. The maximum Gasteiger partial charge on any atom is 0.150 e. The molecule has 0 N–H and O–H groups in total. The van der Waals surface area contributed by atoms with Crippen LogP contribution in [0.5, 0.6) is 0 Å². The smallest absolute Gasteiger partial charge is 0.104 e. The first-order valence-corrected chi connectivity index (χ1v) is 10.8. The Bertz CT molecular complexity index is 476. The standard InChI is InChI=1S/C23H39B/c1-8-9-24(20-12-16-10-18(14(20)2)22(16,4)5)21-13-17-11-19(15(21)3)23(17,6)7/h8,14-21H,1,9-13H2,2-7H3/t14-,15-,16+,17+,18-,19-,20?,21?/m1/s1. The Hall–Kier alpha value is -0.195. The second kappa shape index (κ2) is 5.40. The van der Waals surface area contributed by atoms with Crippen LogP contribution in [0.25, 0.3) is 0 Å². The number of allylic oxidation sites excluding steroid dienone is 1. The van der Waals surface area contributed by atoms with Crippen molar-refractivity contribution in [2.45, 2.75) is 85.2 Å². The second-order valence-electron chi connectivity index (χ2n) is 11.4. The lowest BCUT2D eigenvalue weighted by atomic mass is 9.20. The summed E-state index contributed by atoms with van der Waals surface area (Å²) >= 11 is 0. The zero-order valence-electron chi connectivity index (χ0n) is 17.0. The van der Waals surface area contributed by atoms with Gasteiger partial charge in [0.25, 0.3) is 0 Å². The van der Waals surface area contributed by atoms with Crippen LogP contribution in [0, 0.1) is 46.3 Å². The van der Waals surface area contributed by atoms with Crippen LogP contribution in [0.4, 0.5) is 0 Å². The Kier molecular flexibility index (Phi) is 3.88. The predicted molar refractivity (Wildman–Crippen MR) is 107 cm³/mol. The van der Waals surface area contributed by atoms with Crippen LogP contribution in [-0.2, 0) is 0 Å². The molecule has 6 fully saturated rings. The molecule has 0 radical (unpaired) electrons. The minimum absolute atomic E-state index is 0.622. The second-order valence-corrected chi connectivity index (χ2v) is 11.4. The fourth-order valence-corrected chi connectivity index (χ4v) is 8.37. The average Bonchev–Trinajstić information content (AvgIpc) is 2.52. The van der Waals surface area contributed by atoms with Gasteiger partial charge in [-0.05, 0) is 59.2 Å². The van der Waals surface area contributed by atoms with Crippen LogP contribution < -0.4 is 0 Å². The van der Waals surface area contributed by atoms with Crippen molar-refractivity contribution in [3.05, 3.63) is 12.7 Å². The number of fused-ring (bicyclic) bond motifs is 4. The van der Waals surface area contributed by atoms with Gasteiger partial charge in [-0.2, -0.15) is 0 Å². The van der Waals surface area contributed by atoms with E-state index in [9.17, 15) is 0 Å². The molecule has 0 aromatic carbocycles. The monoisotopic (exact) mass is 326 g/mol. The Morgan fingerprint density at radius 1 is 0.833 bits per heavy atom. The summed E-state index contributed by atoms with van der Waals surface area (Å²) in [6, 6.07) is 0. The Labute approximate surface area is 151 Å². The topological polar surface area (TPSA) is 0 Å². The molecule has 0 saturated heterocycles. The molecule has 0 aromatic heterocycles. The fourth-order valence-electron chi connectivity index (χ4n) is 8.37. The Balaban J connectivity index is 1.55. The van der Waals surface area contributed by atoms with Gasteiger partial charge in [0.05, 0.1) is 0 Å². The fraction of sp³-hybridized carbons (Fsp3) is 0.913. The van der Waals surface area contributed by atoms with Gasteiger partial charge in [-0.3, -0.25) is 0 Å². The summed E-state index contributed by atoms with van der Waals surface area (Å²) in [6.07, 6.45) is 9.56. The summed E-state index contributed by atoms with van der Waals surface area (Å²) in [6.45, 7) is 20.4. The molecule has 6 saturated carbocycles. The highest BCUT2D eigenvalue weighted by Crippen LogP contribution is 2.69. The van der Waals surface area contributed by atoms with E-state index in [4.69, 9.17) is 0 Å². The third-order valence-corrected chi connectivity index (χ3v) is 10.4. The van der Waals surface area contributed by atoms with Gasteiger partial charge in [-0.15, -0.1) is 6.58 Å². The molecule has 0 aliphatic heterocycles. The molecule has 0 spiro atoms. The minimum atomic E-state index is 0.622. The molecule has 1 heteroatoms. The van der Waals surface area contributed by atoms with E-state index in [0.29, 0.717) is 10.8 Å². The molecule has 6 aliphatic carbocycles. The molecule has 4 bridgehead atoms. The van der Waals surface area contributed by atoms with E-state index in [0.717, 1.165) is 53.9 Å². The summed E-state index contributed by atoms with van der Waals surface area (Å²) in [7, 11) is 0. The van der Waals surface area contributed by atoms with E-state index in [1.807, 2.05) is 0 Å². The van der Waals surface area contributed by atoms with Gasteiger partial charge in [0.15, 0.2) is 6.71 Å². The van der Waals surface area contributed by atoms with E-state index < -0.39 is 0 Å². The Morgan fingerprint density at radius 2 is 1.25 bits per heavy atom. The van der Waals surface area contributed by atoms with E-state index >= 15 is 0 Å². The van der Waals surface area contributed by atoms with Crippen molar-refractivity contribution in [1.29, 1.82) is 0 Å². The van der Waals surface area contributed by atoms with E-state index in [2.05, 4.69) is 54.2 Å². The third-order valence-electron chi connectivity index (χ3n) is 10.4. The van der Waals surface area contributed by atoms with Crippen molar-refractivity contribution >= 4 is 6.71 Å². The first kappa shape index (κ1) is 17.2. The molecule has 134 valence electrons. The van der Waals surface area contributed by atoms with Gasteiger partial charge < -0.3 is 0 Å². The molecule has 0 heterocycles. The molecule has 6 aliphatic rings. The van der Waals surface area contributed by atoms with Crippen molar-refractivity contribution in [3.63, 3.8) is 0 Å². The largest absolute Gasteiger partial charge is 0.150 e. The first-order chi connectivity index (χ1) is 11.2. The highest BCUT2D eigenvalue weighted by Gasteiger charge is 2.61. The molecular formula is C23H39B. The predicted octanol–water partition coefficient (Wildman–Crippen LogP) is 6.81. The highest BCUT2D eigenvalue weighted by molar-refractivity contribution is 6.62. The lowest BCUT2D eigenvalue weighted by Crippen LogP contribution is -2.59. The van der Waals surface area contributed by atoms with E-state index in [1.165, 1.54) is 32.0 Å². The molecule has 24 heavy (non-hydrogen) atoms. The highest BCUT2D eigenvalue weighted by atomic mass is 14.6. The summed E-state index contributed by atoms with van der Waals surface area (Å²) < 4.78 is 0. The van der Waals surface area contributed by atoms with Crippen LogP contribution in [0.2, 0.25) is 18.0 Å². The maximum absolute atomic E-state index is 4.16. The van der Waals surface area contributed by atoms with E-state index in [1.54, 1.807) is 0 Å². The molecule has 2 unspecified atom stereocenters. The van der Waals surface area contributed by atoms with Crippen LogP contribution in [0.1, 0.15) is 67.2 Å². The molecular weight excluding hydrogens is 287 g/mol. The third kappa shape index (κ3) is 2.11. The van der Waals surface area contributed by atoms with Gasteiger partial charge in [-0.1, -0.05) is 78.4 Å². The summed E-state index contributed by atoms with van der Waals surface area (Å²) in [4.78, 5) is 0. The quantitative estimate of drug-likeness (QED) is 0.393. The van der Waals surface area contributed by atoms with Gasteiger partial charge in [0.1, 0.15) is 0 Å². The van der Waals surface area contributed by atoms with Crippen molar-refractivity contribution < 1.29 is 0 Å². The molecule has 0 nitrogen and oxygen atoms in total. The minimum Gasteiger partial charge on any atom is -0.104 e. The van der Waals surface area contributed by atoms with Crippen LogP contribution in [-0.4, -0.2) is 6.71 Å². The summed E-state index contributed by atoms with van der Waals surface area (Å²) in [5.41, 5.74) is 1.24. The average molecular weight is 326 g/mol. The number of hydrogen-bond acceptors (Lipinski definition) is 0. The van der Waals surface area contributed by atoms with Crippen molar-refractivity contribution in [3.8, 4) is 0 Å².